The van der Waals surface area contributed by atoms with E-state index in [9.17, 15) is 13.2 Å². The first kappa shape index (κ1) is 15.0. The number of halogens is 3. The highest BCUT2D eigenvalue weighted by Crippen LogP contribution is 2.36. The highest BCUT2D eigenvalue weighted by molar-refractivity contribution is 7.99. The maximum atomic E-state index is 12.5. The van der Waals surface area contributed by atoms with E-state index in [0.717, 1.165) is 35.5 Å². The van der Waals surface area contributed by atoms with Crippen LogP contribution in [0.4, 0.5) is 13.2 Å². The van der Waals surface area contributed by atoms with Crippen LogP contribution in [0.2, 0.25) is 0 Å². The molecule has 1 heterocycles. The van der Waals surface area contributed by atoms with Crippen molar-refractivity contribution in [2.45, 2.75) is 37.1 Å². The Labute approximate surface area is 120 Å². The third-order valence-electron chi connectivity index (χ3n) is 3.49. The maximum Gasteiger partial charge on any atom is 0.425 e. The monoisotopic (exact) mass is 306 g/mol. The number of alkyl halides is 3. The number of thioether (sulfide) groups is 1. The topological polar surface area (TPSA) is 0 Å². The average molecular weight is 306 g/mol. The summed E-state index contributed by atoms with van der Waals surface area (Å²) in [6, 6.07) is 2.71. The number of rotatable bonds is 3. The number of thiophene rings is 1. The van der Waals surface area contributed by atoms with Crippen LogP contribution >= 0.6 is 23.1 Å². The molecule has 19 heavy (non-hydrogen) atoms. The van der Waals surface area contributed by atoms with E-state index in [1.165, 1.54) is 12.8 Å². The molecule has 0 radical (unpaired) electrons. The first-order valence-electron chi connectivity index (χ1n) is 6.37. The van der Waals surface area contributed by atoms with E-state index >= 15 is 0 Å². The van der Waals surface area contributed by atoms with Crippen LogP contribution in [0.25, 0.3) is 6.08 Å². The Morgan fingerprint density at radius 1 is 1.21 bits per heavy atom. The lowest BCUT2D eigenvalue weighted by atomic mass is 9.88. The summed E-state index contributed by atoms with van der Waals surface area (Å²) in [5.74, 6) is 0.528. The molecular formula is C14H17F3S2. The minimum Gasteiger partial charge on any atom is -0.165 e. The van der Waals surface area contributed by atoms with Crippen molar-refractivity contribution >= 4 is 29.2 Å². The molecule has 0 spiro atoms. The molecule has 0 aromatic carbocycles. The van der Waals surface area contributed by atoms with E-state index in [-0.39, 0.29) is 0 Å². The minimum atomic E-state index is -4.22. The first-order valence-corrected chi connectivity index (χ1v) is 8.47. The standard InChI is InChI=1S/C14H17F3S2/c1-18-11-5-2-10(3-6-11)4-7-12-8-9-13(19-12)14(15,16)17/h4,7-11H,2-3,5-6H2,1H3/b7-4+. The van der Waals surface area contributed by atoms with Crippen molar-refractivity contribution in [3.05, 3.63) is 28.0 Å². The molecule has 0 nitrogen and oxygen atoms in total. The molecule has 2 rings (SSSR count). The lowest BCUT2D eigenvalue weighted by Gasteiger charge is -2.25. The summed E-state index contributed by atoms with van der Waals surface area (Å²) in [4.78, 5) is 0.178. The zero-order chi connectivity index (χ0) is 13.9. The average Bonchev–Trinajstić information content (AvgIpc) is 2.86. The zero-order valence-electron chi connectivity index (χ0n) is 10.7. The van der Waals surface area contributed by atoms with E-state index in [2.05, 4.69) is 12.3 Å². The molecule has 0 aliphatic heterocycles. The van der Waals surface area contributed by atoms with Gasteiger partial charge in [-0.05, 0) is 56.1 Å². The lowest BCUT2D eigenvalue weighted by Crippen LogP contribution is -2.14. The van der Waals surface area contributed by atoms with Crippen LogP contribution in [-0.2, 0) is 6.18 Å². The van der Waals surface area contributed by atoms with Gasteiger partial charge in [-0.15, -0.1) is 11.3 Å². The SMILES string of the molecule is CSC1CCC(/C=C/c2ccc(C(F)(F)F)s2)CC1. The van der Waals surface area contributed by atoms with Crippen molar-refractivity contribution < 1.29 is 13.2 Å². The maximum absolute atomic E-state index is 12.5. The highest BCUT2D eigenvalue weighted by Gasteiger charge is 2.32. The van der Waals surface area contributed by atoms with Crippen LogP contribution in [0, 0.1) is 5.92 Å². The number of hydrogen-bond acceptors (Lipinski definition) is 2. The van der Waals surface area contributed by atoms with Gasteiger partial charge in [-0.1, -0.05) is 6.08 Å². The van der Waals surface area contributed by atoms with Crippen LogP contribution in [0.5, 0.6) is 0 Å². The van der Waals surface area contributed by atoms with Crippen LogP contribution in [-0.4, -0.2) is 11.5 Å². The van der Waals surface area contributed by atoms with Gasteiger partial charge in [0.05, 0.1) is 0 Å². The quantitative estimate of drug-likeness (QED) is 0.690. The van der Waals surface area contributed by atoms with E-state index in [1.807, 2.05) is 17.8 Å². The van der Waals surface area contributed by atoms with E-state index in [1.54, 1.807) is 6.07 Å². The molecule has 106 valence electrons. The second kappa shape index (κ2) is 6.35. The van der Waals surface area contributed by atoms with Gasteiger partial charge in [0.1, 0.15) is 4.88 Å². The lowest BCUT2D eigenvalue weighted by molar-refractivity contribution is -0.134. The summed E-state index contributed by atoms with van der Waals surface area (Å²) >= 11 is 2.74. The number of hydrogen-bond donors (Lipinski definition) is 0. The van der Waals surface area contributed by atoms with Crippen molar-refractivity contribution in [2.75, 3.05) is 6.26 Å². The molecule has 1 saturated carbocycles. The highest BCUT2D eigenvalue weighted by atomic mass is 32.2. The van der Waals surface area contributed by atoms with Gasteiger partial charge in [0, 0.05) is 10.1 Å². The van der Waals surface area contributed by atoms with Crippen molar-refractivity contribution in [3.63, 3.8) is 0 Å². The van der Waals surface area contributed by atoms with E-state index in [0.29, 0.717) is 10.8 Å². The third-order valence-corrected chi connectivity index (χ3v) is 5.72. The summed E-state index contributed by atoms with van der Waals surface area (Å²) in [5, 5.41) is 0.767. The molecule has 1 aromatic rings. The Hall–Kier alpha value is -0.420. The van der Waals surface area contributed by atoms with Crippen LogP contribution in [0.3, 0.4) is 0 Å². The summed E-state index contributed by atoms with van der Waals surface area (Å²) in [7, 11) is 0. The second-order valence-electron chi connectivity index (χ2n) is 4.83. The molecule has 1 fully saturated rings. The molecule has 0 saturated heterocycles. The predicted octanol–water partition coefficient (Wildman–Crippen LogP) is 5.70. The molecule has 0 bridgehead atoms. The fourth-order valence-corrected chi connectivity index (χ4v) is 3.87. The van der Waals surface area contributed by atoms with Gasteiger partial charge in [-0.2, -0.15) is 24.9 Å². The van der Waals surface area contributed by atoms with Crippen molar-refractivity contribution in [1.29, 1.82) is 0 Å². The Bertz CT molecular complexity index is 426. The fraction of sp³-hybridized carbons (Fsp3) is 0.571. The Morgan fingerprint density at radius 3 is 2.42 bits per heavy atom. The first-order chi connectivity index (χ1) is 8.99. The fourth-order valence-electron chi connectivity index (χ4n) is 2.34. The van der Waals surface area contributed by atoms with Crippen molar-refractivity contribution in [2.24, 2.45) is 5.92 Å². The van der Waals surface area contributed by atoms with E-state index < -0.39 is 11.1 Å². The van der Waals surface area contributed by atoms with Crippen molar-refractivity contribution in [1.82, 2.24) is 0 Å². The smallest absolute Gasteiger partial charge is 0.165 e. The summed E-state index contributed by atoms with van der Waals surface area (Å²) in [5.41, 5.74) is 0. The Morgan fingerprint density at radius 2 is 1.89 bits per heavy atom. The van der Waals surface area contributed by atoms with E-state index in [4.69, 9.17) is 0 Å². The number of allylic oxidation sites excluding steroid dienone is 1. The van der Waals surface area contributed by atoms with Crippen molar-refractivity contribution in [3.8, 4) is 0 Å². The Balaban J connectivity index is 1.91. The molecular weight excluding hydrogens is 289 g/mol. The second-order valence-corrected chi connectivity index (χ2v) is 7.08. The van der Waals surface area contributed by atoms with Gasteiger partial charge in [-0.25, -0.2) is 0 Å². The van der Waals surface area contributed by atoms with Crippen LogP contribution < -0.4 is 0 Å². The van der Waals surface area contributed by atoms with Gasteiger partial charge in [0.2, 0.25) is 0 Å². The third kappa shape index (κ3) is 4.28. The molecule has 0 atom stereocenters. The predicted molar refractivity (Wildman–Crippen MR) is 77.6 cm³/mol. The summed E-state index contributed by atoms with van der Waals surface area (Å²) in [6.45, 7) is 0. The zero-order valence-corrected chi connectivity index (χ0v) is 12.4. The summed E-state index contributed by atoms with van der Waals surface area (Å²) in [6.07, 6.45) is 6.60. The molecule has 0 unspecified atom stereocenters. The van der Waals surface area contributed by atoms with Gasteiger partial charge in [0.15, 0.2) is 0 Å². The molecule has 1 aliphatic rings. The molecule has 0 amide bonds. The molecule has 1 aromatic heterocycles. The largest absolute Gasteiger partial charge is 0.425 e. The van der Waals surface area contributed by atoms with Gasteiger partial charge in [-0.3, -0.25) is 0 Å². The normalized spacial score (nSPS) is 25.1. The molecule has 5 heteroatoms. The van der Waals surface area contributed by atoms with Crippen LogP contribution in [0.15, 0.2) is 18.2 Å². The minimum absolute atomic E-state index is 0.516. The van der Waals surface area contributed by atoms with Gasteiger partial charge in [0.25, 0.3) is 0 Å². The van der Waals surface area contributed by atoms with Gasteiger partial charge < -0.3 is 0 Å². The Kier molecular flexibility index (Phi) is 5.01. The van der Waals surface area contributed by atoms with Crippen LogP contribution in [0.1, 0.15) is 35.4 Å². The summed E-state index contributed by atoms with van der Waals surface area (Å²) < 4.78 is 37.4. The molecule has 1 aliphatic carbocycles. The van der Waals surface area contributed by atoms with Gasteiger partial charge >= 0.3 is 6.18 Å². The molecule has 0 N–H and O–H groups in total.